The van der Waals surface area contributed by atoms with Crippen LogP contribution in [0.15, 0.2) is 41.4 Å². The van der Waals surface area contributed by atoms with Gasteiger partial charge in [-0.1, -0.05) is 63.3 Å². The molecule has 3 rings (SSSR count). The Kier molecular flexibility index (Phi) is 19.0. The van der Waals surface area contributed by atoms with Crippen LogP contribution in [0, 0.1) is 5.92 Å². The fourth-order valence-corrected chi connectivity index (χ4v) is 6.99. The summed E-state index contributed by atoms with van der Waals surface area (Å²) in [5, 5.41) is 12.3. The van der Waals surface area contributed by atoms with Crippen LogP contribution < -0.4 is 26.0 Å². The first-order valence-corrected chi connectivity index (χ1v) is 20.7. The van der Waals surface area contributed by atoms with Crippen molar-refractivity contribution in [1.29, 1.82) is 0 Å². The number of benzene rings is 1. The van der Waals surface area contributed by atoms with E-state index < -0.39 is 23.4 Å². The van der Waals surface area contributed by atoms with Crippen LogP contribution in [0.3, 0.4) is 0 Å². The summed E-state index contributed by atoms with van der Waals surface area (Å²) in [6, 6.07) is 8.20. The van der Waals surface area contributed by atoms with Crippen LogP contribution in [0.4, 0.5) is 9.59 Å². The number of carbonyl (C=O) groups is 3. The third kappa shape index (κ3) is 16.8. The standard InChI is InChI=1S/C43H70N6O7/c1-10-11-12-13-14-15-16-17-18-21-33-24-27-35-36(31(2)46-39(49(33)35)45-30-32-22-25-34(53-9)26-23-32)37(50)54-29-20-19-28-44-38(47-40(51)55-42(3,4)5)48-41(52)56-43(6,7)8/h17-18,22-23,25-26,31,33,35-36H,10-16,19-21,24,27-30H2,1-9H3,(H3,44,45,46,47,48,51,52)/p+1/b18-17-/t31-,33-,35+,36+/m1/s1. The van der Waals surface area contributed by atoms with E-state index in [0.29, 0.717) is 19.4 Å². The number of nitrogens with zero attached hydrogens (tertiary/aromatic N) is 2. The maximum absolute atomic E-state index is 13.7. The smallest absolute Gasteiger partial charge is 0.414 e. The number of methoxy groups -OCH3 is 1. The quantitative estimate of drug-likeness (QED) is 0.0223. The van der Waals surface area contributed by atoms with Gasteiger partial charge in [0.25, 0.3) is 0 Å². The molecule has 0 unspecified atom stereocenters. The normalized spacial score (nSPS) is 19.4. The van der Waals surface area contributed by atoms with E-state index in [-0.39, 0.29) is 49.1 Å². The zero-order chi connectivity index (χ0) is 41.1. The highest BCUT2D eigenvalue weighted by atomic mass is 16.6. The maximum Gasteiger partial charge on any atom is 0.414 e. The van der Waals surface area contributed by atoms with Crippen LogP contribution in [0.25, 0.3) is 0 Å². The summed E-state index contributed by atoms with van der Waals surface area (Å²) < 4.78 is 24.3. The van der Waals surface area contributed by atoms with Crippen molar-refractivity contribution in [2.75, 3.05) is 20.3 Å². The van der Waals surface area contributed by atoms with E-state index in [1.54, 1.807) is 48.7 Å². The van der Waals surface area contributed by atoms with Gasteiger partial charge in [-0.15, -0.1) is 0 Å². The molecule has 0 bridgehead atoms. The number of aliphatic imine (C=N–C) groups is 1. The molecule has 0 saturated carbocycles. The third-order valence-corrected chi connectivity index (χ3v) is 9.62. The Balaban J connectivity index is 1.62. The minimum Gasteiger partial charge on any atom is -0.497 e. The van der Waals surface area contributed by atoms with E-state index >= 15 is 0 Å². The lowest BCUT2D eigenvalue weighted by atomic mass is 9.90. The Morgan fingerprint density at radius 2 is 1.52 bits per heavy atom. The van der Waals surface area contributed by atoms with Crippen molar-refractivity contribution < 1.29 is 37.9 Å². The molecule has 1 aromatic rings. The van der Waals surface area contributed by atoms with Gasteiger partial charge in [-0.3, -0.25) is 35.6 Å². The zero-order valence-electron chi connectivity index (χ0n) is 35.6. The summed E-state index contributed by atoms with van der Waals surface area (Å²) in [6.45, 7) is 15.9. The predicted octanol–water partition coefficient (Wildman–Crippen LogP) is 7.72. The molecular formula is C43H71N6O7+. The van der Waals surface area contributed by atoms with Gasteiger partial charge in [0.2, 0.25) is 5.96 Å². The summed E-state index contributed by atoms with van der Waals surface area (Å²) in [6.07, 6.45) is 15.9. The lowest BCUT2D eigenvalue weighted by molar-refractivity contribution is -0.592. The number of fused-ring (bicyclic) bond motifs is 1. The number of rotatable bonds is 18. The molecule has 2 aliphatic heterocycles. The third-order valence-electron chi connectivity index (χ3n) is 9.62. The average Bonchev–Trinajstić information content (AvgIpc) is 3.53. The molecule has 1 aromatic carbocycles. The van der Waals surface area contributed by atoms with Gasteiger partial charge in [-0.2, -0.15) is 0 Å². The zero-order valence-corrected chi connectivity index (χ0v) is 35.6. The van der Waals surface area contributed by atoms with E-state index in [4.69, 9.17) is 18.9 Å². The van der Waals surface area contributed by atoms with Crippen molar-refractivity contribution in [3.05, 3.63) is 42.0 Å². The Bertz CT molecular complexity index is 1450. The Morgan fingerprint density at radius 1 is 0.875 bits per heavy atom. The summed E-state index contributed by atoms with van der Waals surface area (Å²) >= 11 is 0. The highest BCUT2D eigenvalue weighted by Crippen LogP contribution is 2.32. The molecule has 13 heteroatoms. The number of hydrogen-bond donors (Lipinski definition) is 4. The van der Waals surface area contributed by atoms with Crippen LogP contribution in [0.5, 0.6) is 5.75 Å². The Labute approximate surface area is 335 Å². The van der Waals surface area contributed by atoms with Crippen LogP contribution in [0.2, 0.25) is 0 Å². The minimum absolute atomic E-state index is 0.0131. The van der Waals surface area contributed by atoms with Gasteiger partial charge in [0.05, 0.1) is 38.4 Å². The Hall–Kier alpha value is -4.29. The van der Waals surface area contributed by atoms with Gasteiger partial charge >= 0.3 is 24.1 Å². The van der Waals surface area contributed by atoms with Crippen molar-refractivity contribution in [3.8, 4) is 5.75 Å². The number of esters is 1. The first kappa shape index (κ1) is 46.1. The highest BCUT2D eigenvalue weighted by molar-refractivity contribution is 6.01. The molecule has 0 aliphatic carbocycles. The molecule has 13 nitrogen and oxygen atoms in total. The molecule has 0 radical (unpaired) electrons. The number of amides is 2. The van der Waals surface area contributed by atoms with Crippen LogP contribution in [-0.2, 0) is 25.5 Å². The van der Waals surface area contributed by atoms with Gasteiger partial charge in [0.1, 0.15) is 22.9 Å². The van der Waals surface area contributed by atoms with Gasteiger partial charge in [0.15, 0.2) is 0 Å². The average molecular weight is 784 g/mol. The van der Waals surface area contributed by atoms with Crippen LogP contribution in [0.1, 0.15) is 138 Å². The number of carbonyl (C=O) groups excluding carboxylic acids is 3. The first-order chi connectivity index (χ1) is 26.6. The van der Waals surface area contributed by atoms with Gasteiger partial charge in [0, 0.05) is 6.54 Å². The summed E-state index contributed by atoms with van der Waals surface area (Å²) in [5.74, 6) is 1.16. The molecular weight excluding hydrogens is 713 g/mol. The summed E-state index contributed by atoms with van der Waals surface area (Å²) in [4.78, 5) is 42.9. The number of nitrogens with one attached hydrogen (secondary N) is 4. The van der Waals surface area contributed by atoms with E-state index in [1.807, 2.05) is 12.1 Å². The van der Waals surface area contributed by atoms with E-state index in [9.17, 15) is 14.4 Å². The number of unbranched alkanes of at least 4 members (excludes halogenated alkanes) is 7. The van der Waals surface area contributed by atoms with Crippen molar-refractivity contribution in [2.45, 2.75) is 168 Å². The molecule has 2 amide bonds. The van der Waals surface area contributed by atoms with Crippen LogP contribution >= 0.6 is 0 Å². The Morgan fingerprint density at radius 3 is 2.14 bits per heavy atom. The molecule has 56 heavy (non-hydrogen) atoms. The molecule has 1 saturated heterocycles. The van der Waals surface area contributed by atoms with Crippen molar-refractivity contribution in [1.82, 2.24) is 21.3 Å². The van der Waals surface area contributed by atoms with E-state index in [0.717, 1.165) is 43.0 Å². The highest BCUT2D eigenvalue weighted by Gasteiger charge is 2.50. The van der Waals surface area contributed by atoms with Gasteiger partial charge in [-0.05, 0) is 111 Å². The minimum atomic E-state index is -0.750. The van der Waals surface area contributed by atoms with E-state index in [1.165, 1.54) is 38.5 Å². The molecule has 0 spiro atoms. The molecule has 0 aromatic heterocycles. The molecule has 4 N–H and O–H groups in total. The second-order valence-electron chi connectivity index (χ2n) is 16.8. The van der Waals surface area contributed by atoms with Gasteiger partial charge < -0.3 is 18.9 Å². The fourth-order valence-electron chi connectivity index (χ4n) is 6.99. The second kappa shape index (κ2) is 23.1. The summed E-state index contributed by atoms with van der Waals surface area (Å²) in [5.41, 5.74) is -0.327. The SMILES string of the molecule is CCCCCCCC/C=C\C[C@@H]1CC[C@H]2[C@@H](C(=O)OCCCCN=C(NC(=O)OC(C)(C)C)NC(=O)OC(C)(C)C)[C@@H](C)NC(NCc3ccc(OC)cc3)=[N+]12. The first-order valence-electron chi connectivity index (χ1n) is 20.7. The lowest BCUT2D eigenvalue weighted by Gasteiger charge is -2.34. The maximum atomic E-state index is 13.7. The fraction of sp³-hybridized carbons (Fsp3) is 0.698. The number of hydrogen-bond acceptors (Lipinski definition) is 10. The lowest BCUT2D eigenvalue weighted by Crippen LogP contribution is -2.62. The van der Waals surface area contributed by atoms with Crippen molar-refractivity contribution in [2.24, 2.45) is 10.9 Å². The number of allylic oxidation sites excluding steroid dienone is 1. The number of alkyl carbamates (subject to hydrolysis) is 2. The second-order valence-corrected chi connectivity index (χ2v) is 16.8. The molecule has 4 atom stereocenters. The molecule has 2 aliphatic rings. The predicted molar refractivity (Wildman–Crippen MR) is 221 cm³/mol. The number of ether oxygens (including phenoxy) is 4. The summed E-state index contributed by atoms with van der Waals surface area (Å²) in [7, 11) is 1.67. The topological polar surface area (TPSA) is 152 Å². The van der Waals surface area contributed by atoms with Crippen LogP contribution in [-0.4, -0.2) is 84.2 Å². The van der Waals surface area contributed by atoms with Gasteiger partial charge in [-0.25, -0.2) is 9.59 Å². The van der Waals surface area contributed by atoms with E-state index in [2.05, 4.69) is 69.0 Å². The largest absolute Gasteiger partial charge is 0.497 e. The monoisotopic (exact) mass is 784 g/mol. The van der Waals surface area contributed by atoms with Crippen molar-refractivity contribution >= 4 is 30.1 Å². The molecule has 1 fully saturated rings. The molecule has 2 heterocycles. The number of guanidine groups is 2. The molecule has 314 valence electrons. The van der Waals surface area contributed by atoms with Crippen molar-refractivity contribution in [3.63, 3.8) is 0 Å².